The number of hydrogen-bond acceptors (Lipinski definition) is 6. The van der Waals surface area contributed by atoms with E-state index in [4.69, 9.17) is 14.2 Å². The molecule has 0 fully saturated rings. The van der Waals surface area contributed by atoms with Gasteiger partial charge >= 0.3 is 0 Å². The van der Waals surface area contributed by atoms with E-state index < -0.39 is 6.10 Å². The van der Waals surface area contributed by atoms with E-state index in [0.29, 0.717) is 22.9 Å². The average molecular weight is 429 g/mol. The topological polar surface area (TPSA) is 82.6 Å². The summed E-state index contributed by atoms with van der Waals surface area (Å²) in [5.74, 6) is 1.43. The molecule has 4 rings (SSSR count). The van der Waals surface area contributed by atoms with Crippen molar-refractivity contribution < 1.29 is 19.0 Å². The molecular weight excluding hydrogens is 406 g/mol. The number of ether oxygens (including phenoxy) is 3. The van der Waals surface area contributed by atoms with Gasteiger partial charge in [-0.2, -0.15) is 0 Å². The van der Waals surface area contributed by atoms with Gasteiger partial charge in [0.05, 0.1) is 37.1 Å². The van der Waals surface area contributed by atoms with Gasteiger partial charge in [0.25, 0.3) is 5.91 Å². The fourth-order valence-corrected chi connectivity index (χ4v) is 3.22. The first kappa shape index (κ1) is 21.1. The van der Waals surface area contributed by atoms with Crippen LogP contribution in [0.3, 0.4) is 0 Å². The van der Waals surface area contributed by atoms with E-state index in [2.05, 4.69) is 15.3 Å². The summed E-state index contributed by atoms with van der Waals surface area (Å²) in [7, 11) is 3.10. The average Bonchev–Trinajstić information content (AvgIpc) is 2.84. The molecule has 32 heavy (non-hydrogen) atoms. The molecule has 4 aromatic rings. The van der Waals surface area contributed by atoms with E-state index >= 15 is 0 Å². The minimum atomic E-state index is -0.700. The van der Waals surface area contributed by atoms with Crippen LogP contribution in [0.4, 0.5) is 5.69 Å². The predicted octanol–water partition coefficient (Wildman–Crippen LogP) is 4.72. The van der Waals surface area contributed by atoms with Crippen LogP contribution in [0.2, 0.25) is 0 Å². The number of para-hydroxylation sites is 2. The predicted molar refractivity (Wildman–Crippen MR) is 123 cm³/mol. The lowest BCUT2D eigenvalue weighted by Crippen LogP contribution is -2.30. The maximum Gasteiger partial charge on any atom is 0.265 e. The highest BCUT2D eigenvalue weighted by molar-refractivity contribution is 5.94. The largest absolute Gasteiger partial charge is 0.493 e. The van der Waals surface area contributed by atoms with E-state index in [1.165, 1.54) is 0 Å². The Kier molecular flexibility index (Phi) is 6.17. The molecule has 1 atom stereocenters. The summed E-state index contributed by atoms with van der Waals surface area (Å²) >= 11 is 0. The van der Waals surface area contributed by atoms with Gasteiger partial charge in [-0.25, -0.2) is 4.98 Å². The number of fused-ring (bicyclic) bond motifs is 1. The number of carbonyl (C=O) groups excluding carboxylic acids is 1. The number of rotatable bonds is 7. The highest BCUT2D eigenvalue weighted by atomic mass is 16.5. The van der Waals surface area contributed by atoms with E-state index in [0.717, 1.165) is 22.3 Å². The SMILES string of the molecule is COc1ccc(NC(=O)C(C)Oc2ccc(-c3cnc4ccccc4n3)cc2)cc1OC. The number of hydrogen-bond donors (Lipinski definition) is 1. The highest BCUT2D eigenvalue weighted by Gasteiger charge is 2.16. The van der Waals surface area contributed by atoms with Gasteiger partial charge in [0, 0.05) is 17.3 Å². The lowest BCUT2D eigenvalue weighted by atomic mass is 10.1. The molecule has 1 heterocycles. The zero-order chi connectivity index (χ0) is 22.5. The Labute approximate surface area is 186 Å². The minimum absolute atomic E-state index is 0.276. The third kappa shape index (κ3) is 4.62. The molecule has 1 aromatic heterocycles. The van der Waals surface area contributed by atoms with Crippen LogP contribution < -0.4 is 19.5 Å². The zero-order valence-corrected chi connectivity index (χ0v) is 18.0. The molecule has 0 saturated carbocycles. The van der Waals surface area contributed by atoms with Crippen molar-refractivity contribution in [1.82, 2.24) is 9.97 Å². The zero-order valence-electron chi connectivity index (χ0n) is 18.0. The summed E-state index contributed by atoms with van der Waals surface area (Å²) in [4.78, 5) is 21.7. The van der Waals surface area contributed by atoms with Crippen LogP contribution in [0.5, 0.6) is 17.2 Å². The molecule has 0 spiro atoms. The van der Waals surface area contributed by atoms with Crippen molar-refractivity contribution in [2.24, 2.45) is 0 Å². The monoisotopic (exact) mass is 429 g/mol. The van der Waals surface area contributed by atoms with Gasteiger partial charge in [-0.15, -0.1) is 0 Å². The molecule has 0 bridgehead atoms. The van der Waals surface area contributed by atoms with Crippen molar-refractivity contribution in [3.05, 3.63) is 72.9 Å². The molecule has 1 N–H and O–H groups in total. The molecule has 0 aliphatic carbocycles. The van der Waals surface area contributed by atoms with Crippen molar-refractivity contribution in [1.29, 1.82) is 0 Å². The Morgan fingerprint density at radius 2 is 1.62 bits per heavy atom. The second-order valence-electron chi connectivity index (χ2n) is 7.09. The maximum atomic E-state index is 12.6. The molecule has 3 aromatic carbocycles. The lowest BCUT2D eigenvalue weighted by Gasteiger charge is -2.16. The quantitative estimate of drug-likeness (QED) is 0.458. The molecule has 0 aliphatic rings. The molecule has 7 heteroatoms. The van der Waals surface area contributed by atoms with Crippen molar-refractivity contribution in [3.63, 3.8) is 0 Å². The lowest BCUT2D eigenvalue weighted by molar-refractivity contribution is -0.122. The standard InChI is InChI=1S/C25H23N3O4/c1-16(25(29)27-18-10-13-23(30-2)24(14-18)31-3)32-19-11-8-17(9-12-19)22-15-26-20-6-4-5-7-21(20)28-22/h4-16H,1-3H3,(H,27,29). The molecule has 7 nitrogen and oxygen atoms in total. The summed E-state index contributed by atoms with van der Waals surface area (Å²) in [6, 6.07) is 20.3. The van der Waals surface area contributed by atoms with Gasteiger partial charge in [0.1, 0.15) is 5.75 Å². The van der Waals surface area contributed by atoms with Gasteiger partial charge in [0.2, 0.25) is 0 Å². The van der Waals surface area contributed by atoms with Crippen LogP contribution in [0.15, 0.2) is 72.9 Å². The molecule has 0 saturated heterocycles. The Balaban J connectivity index is 1.41. The van der Waals surface area contributed by atoms with Gasteiger partial charge in [0.15, 0.2) is 17.6 Å². The number of benzene rings is 3. The van der Waals surface area contributed by atoms with Gasteiger partial charge < -0.3 is 19.5 Å². The fraction of sp³-hybridized carbons (Fsp3) is 0.160. The highest BCUT2D eigenvalue weighted by Crippen LogP contribution is 2.30. The van der Waals surface area contributed by atoms with Crippen molar-refractivity contribution in [3.8, 4) is 28.5 Å². The third-order valence-corrected chi connectivity index (χ3v) is 4.93. The van der Waals surface area contributed by atoms with Crippen molar-refractivity contribution in [2.75, 3.05) is 19.5 Å². The number of aromatic nitrogens is 2. The summed E-state index contributed by atoms with van der Waals surface area (Å²) in [5.41, 5.74) is 3.97. The van der Waals surface area contributed by atoms with E-state index in [-0.39, 0.29) is 5.91 Å². The Hall–Kier alpha value is -4.13. The van der Waals surface area contributed by atoms with Crippen LogP contribution >= 0.6 is 0 Å². The maximum absolute atomic E-state index is 12.6. The summed E-state index contributed by atoms with van der Waals surface area (Å²) in [5, 5.41) is 2.82. The first-order valence-corrected chi connectivity index (χ1v) is 10.1. The minimum Gasteiger partial charge on any atom is -0.493 e. The Morgan fingerprint density at radius 1 is 0.906 bits per heavy atom. The molecule has 0 aliphatic heterocycles. The molecular formula is C25H23N3O4. The normalized spacial score (nSPS) is 11.6. The summed E-state index contributed by atoms with van der Waals surface area (Å²) in [6.45, 7) is 1.69. The second kappa shape index (κ2) is 9.34. The first-order valence-electron chi connectivity index (χ1n) is 10.1. The first-order chi connectivity index (χ1) is 15.6. The Morgan fingerprint density at radius 3 is 2.34 bits per heavy atom. The number of anilines is 1. The number of carbonyl (C=O) groups is 1. The van der Waals surface area contributed by atoms with Crippen LogP contribution in [0.25, 0.3) is 22.3 Å². The molecule has 0 radical (unpaired) electrons. The van der Waals surface area contributed by atoms with Gasteiger partial charge in [-0.1, -0.05) is 12.1 Å². The molecule has 1 unspecified atom stereocenters. The van der Waals surface area contributed by atoms with Crippen LogP contribution in [0, 0.1) is 0 Å². The van der Waals surface area contributed by atoms with Crippen molar-refractivity contribution in [2.45, 2.75) is 13.0 Å². The molecule has 1 amide bonds. The number of nitrogens with one attached hydrogen (secondary N) is 1. The molecule has 162 valence electrons. The van der Waals surface area contributed by atoms with Crippen molar-refractivity contribution >= 4 is 22.6 Å². The van der Waals surface area contributed by atoms with Crippen LogP contribution in [-0.2, 0) is 4.79 Å². The second-order valence-corrected chi connectivity index (χ2v) is 7.09. The summed E-state index contributed by atoms with van der Waals surface area (Å²) in [6.07, 6.45) is 1.05. The number of nitrogens with zero attached hydrogens (tertiary/aromatic N) is 2. The van der Waals surface area contributed by atoms with Crippen LogP contribution in [0.1, 0.15) is 6.92 Å². The summed E-state index contributed by atoms with van der Waals surface area (Å²) < 4.78 is 16.3. The Bertz CT molecular complexity index is 1240. The smallest absolute Gasteiger partial charge is 0.265 e. The van der Waals surface area contributed by atoms with Crippen LogP contribution in [-0.4, -0.2) is 36.2 Å². The third-order valence-electron chi connectivity index (χ3n) is 4.93. The van der Waals surface area contributed by atoms with E-state index in [9.17, 15) is 4.79 Å². The fourth-order valence-electron chi connectivity index (χ4n) is 3.22. The number of amides is 1. The van der Waals surface area contributed by atoms with E-state index in [1.807, 2.05) is 48.5 Å². The number of methoxy groups -OCH3 is 2. The van der Waals surface area contributed by atoms with E-state index in [1.54, 1.807) is 45.5 Å². The van der Waals surface area contributed by atoms with Gasteiger partial charge in [-0.05, 0) is 55.5 Å². The van der Waals surface area contributed by atoms with Gasteiger partial charge in [-0.3, -0.25) is 9.78 Å².